The van der Waals surface area contributed by atoms with Crippen molar-refractivity contribution in [2.24, 2.45) is 5.92 Å². The van der Waals surface area contributed by atoms with Gasteiger partial charge in [-0.05, 0) is 93.9 Å². The van der Waals surface area contributed by atoms with Gasteiger partial charge in [-0.3, -0.25) is 0 Å². The molecule has 0 N–H and O–H groups in total. The maximum atomic E-state index is 5.69. The summed E-state index contributed by atoms with van der Waals surface area (Å²) in [5.41, 5.74) is 9.04. The van der Waals surface area contributed by atoms with Crippen LogP contribution in [0.2, 0.25) is 0 Å². The summed E-state index contributed by atoms with van der Waals surface area (Å²) in [4.78, 5) is 0. The zero-order valence-electron chi connectivity index (χ0n) is 28.7. The number of hydrogen-bond acceptors (Lipinski definition) is 1. The van der Waals surface area contributed by atoms with E-state index in [2.05, 4.69) is 173 Å². The Morgan fingerprint density at radius 3 is 1.48 bits per heavy atom. The molecular formula is C41H60O. The summed E-state index contributed by atoms with van der Waals surface area (Å²) in [5, 5.41) is 0. The van der Waals surface area contributed by atoms with E-state index in [0.717, 1.165) is 25.7 Å². The molecule has 0 heterocycles. The lowest BCUT2D eigenvalue weighted by Crippen LogP contribution is -2.19. The summed E-state index contributed by atoms with van der Waals surface area (Å²) in [6.45, 7) is 21.5. The fourth-order valence-corrected chi connectivity index (χ4v) is 3.91. The number of methoxy groups -OCH3 is 1. The van der Waals surface area contributed by atoms with E-state index in [9.17, 15) is 0 Å². The molecule has 0 aliphatic carbocycles. The first-order chi connectivity index (χ1) is 19.9. The van der Waals surface area contributed by atoms with Crippen LogP contribution in [0, 0.1) is 5.92 Å². The highest BCUT2D eigenvalue weighted by molar-refractivity contribution is 5.32. The average molecular weight is 569 g/mol. The first kappa shape index (κ1) is 38.8. The summed E-state index contributed by atoms with van der Waals surface area (Å²) >= 11 is 0. The molecule has 0 rings (SSSR count). The molecular weight excluding hydrogens is 508 g/mol. The van der Waals surface area contributed by atoms with E-state index in [1.807, 2.05) is 7.11 Å². The smallest absolute Gasteiger partial charge is 0.0634 e. The Balaban J connectivity index is 4.73. The molecule has 0 amide bonds. The minimum absolute atomic E-state index is 0.262. The number of ether oxygens (including phenoxy) is 1. The van der Waals surface area contributed by atoms with E-state index < -0.39 is 0 Å². The minimum Gasteiger partial charge on any atom is -0.381 e. The largest absolute Gasteiger partial charge is 0.381 e. The fourth-order valence-electron chi connectivity index (χ4n) is 3.91. The van der Waals surface area contributed by atoms with E-state index in [-0.39, 0.29) is 6.10 Å². The number of hydrogen-bond donors (Lipinski definition) is 0. The molecule has 0 aromatic rings. The van der Waals surface area contributed by atoms with Crippen molar-refractivity contribution in [2.45, 2.75) is 101 Å². The van der Waals surface area contributed by atoms with Crippen molar-refractivity contribution in [3.05, 3.63) is 142 Å². The quantitative estimate of drug-likeness (QED) is 0.118. The summed E-state index contributed by atoms with van der Waals surface area (Å²) in [7, 11) is 1.81. The van der Waals surface area contributed by atoms with Gasteiger partial charge in [0.2, 0.25) is 0 Å². The Kier molecular flexibility index (Phi) is 22.6. The maximum Gasteiger partial charge on any atom is 0.0634 e. The monoisotopic (exact) mass is 568 g/mol. The van der Waals surface area contributed by atoms with Gasteiger partial charge in [0.25, 0.3) is 0 Å². The third-order valence-corrected chi connectivity index (χ3v) is 6.68. The molecule has 0 bridgehead atoms. The van der Waals surface area contributed by atoms with Crippen LogP contribution >= 0.6 is 0 Å². The molecule has 42 heavy (non-hydrogen) atoms. The van der Waals surface area contributed by atoms with Crippen molar-refractivity contribution in [1.82, 2.24) is 0 Å². The highest BCUT2D eigenvalue weighted by Gasteiger charge is 2.13. The van der Waals surface area contributed by atoms with E-state index in [0.29, 0.717) is 5.92 Å². The normalized spacial score (nSPS) is 16.0. The van der Waals surface area contributed by atoms with Crippen LogP contribution < -0.4 is 0 Å². The highest BCUT2D eigenvalue weighted by Crippen LogP contribution is 2.17. The second-order valence-corrected chi connectivity index (χ2v) is 11.8. The standard InChI is InChI=1S/C41H60O/c1-33(2)19-14-22-37(7)25-17-27-38(8)26-15-23-35(5)20-12-13-21-36(6)24-16-28-39(9)29-18-30-40(10)41(42-11)32-31-34(3)4/h12-13,15-21,23-29,31,40-41H,14,22,30,32H2,1-11H3/b13-12+,23-15+,24-16+,27-17+,29-18+,35-20+,36-21+,37-25+,38-26+,39-28+. The maximum absolute atomic E-state index is 5.69. The molecule has 2 unspecified atom stereocenters. The zero-order valence-corrected chi connectivity index (χ0v) is 28.7. The molecule has 0 aliphatic heterocycles. The van der Waals surface area contributed by atoms with E-state index >= 15 is 0 Å². The third kappa shape index (κ3) is 23.5. The Bertz CT molecular complexity index is 1140. The van der Waals surface area contributed by atoms with Crippen LogP contribution in [0.15, 0.2) is 142 Å². The van der Waals surface area contributed by atoms with Gasteiger partial charge in [-0.15, -0.1) is 0 Å². The van der Waals surface area contributed by atoms with Crippen molar-refractivity contribution in [3.8, 4) is 0 Å². The number of allylic oxidation sites excluding steroid dienone is 23. The molecule has 0 saturated carbocycles. The van der Waals surface area contributed by atoms with Crippen LogP contribution in [0.5, 0.6) is 0 Å². The molecule has 0 aromatic carbocycles. The zero-order chi connectivity index (χ0) is 31.8. The van der Waals surface area contributed by atoms with Gasteiger partial charge in [0.15, 0.2) is 0 Å². The van der Waals surface area contributed by atoms with E-state index in [1.54, 1.807) is 0 Å². The van der Waals surface area contributed by atoms with Gasteiger partial charge in [0, 0.05) is 7.11 Å². The molecule has 230 valence electrons. The van der Waals surface area contributed by atoms with Crippen LogP contribution in [0.4, 0.5) is 0 Å². The Morgan fingerprint density at radius 1 is 0.548 bits per heavy atom. The molecule has 0 aromatic heterocycles. The van der Waals surface area contributed by atoms with Crippen LogP contribution in [0.3, 0.4) is 0 Å². The number of rotatable bonds is 18. The van der Waals surface area contributed by atoms with Crippen LogP contribution in [0.25, 0.3) is 0 Å². The second kappa shape index (κ2) is 24.4. The Morgan fingerprint density at radius 2 is 1.00 bits per heavy atom. The van der Waals surface area contributed by atoms with Crippen LogP contribution in [0.1, 0.15) is 94.9 Å². The molecule has 0 radical (unpaired) electrons. The predicted octanol–water partition coefficient (Wildman–Crippen LogP) is 12.6. The average Bonchev–Trinajstić information content (AvgIpc) is 2.91. The van der Waals surface area contributed by atoms with Gasteiger partial charge in [-0.25, -0.2) is 0 Å². The lowest BCUT2D eigenvalue weighted by Gasteiger charge is -2.20. The molecule has 0 spiro atoms. The van der Waals surface area contributed by atoms with Crippen LogP contribution in [-0.4, -0.2) is 13.2 Å². The topological polar surface area (TPSA) is 9.23 Å². The molecule has 2 atom stereocenters. The molecule has 1 nitrogen and oxygen atoms in total. The summed E-state index contributed by atoms with van der Waals surface area (Å²) < 4.78 is 5.69. The Labute approximate surface area is 260 Å². The second-order valence-electron chi connectivity index (χ2n) is 11.8. The van der Waals surface area contributed by atoms with E-state index in [1.165, 1.54) is 39.0 Å². The SMILES string of the molecule is COC(CC=C(C)C)C(C)C/C=C/C(C)=C/C=C/C(C)=C/C=C/C=C(C)/C=C/C=C(C)/C=C/C=C(\C)CCC=C(C)C. The van der Waals surface area contributed by atoms with Gasteiger partial charge < -0.3 is 4.74 Å². The fraction of sp³-hybridized carbons (Fsp3) is 0.415. The van der Waals surface area contributed by atoms with Gasteiger partial charge in [-0.2, -0.15) is 0 Å². The summed E-state index contributed by atoms with van der Waals surface area (Å²) in [6.07, 6.45) is 41.3. The summed E-state index contributed by atoms with van der Waals surface area (Å²) in [6, 6.07) is 0. The minimum atomic E-state index is 0.262. The van der Waals surface area contributed by atoms with Crippen molar-refractivity contribution >= 4 is 0 Å². The molecule has 0 fully saturated rings. The molecule has 1 heteroatoms. The van der Waals surface area contributed by atoms with E-state index in [4.69, 9.17) is 4.74 Å². The van der Waals surface area contributed by atoms with Gasteiger partial charge in [0.05, 0.1) is 6.10 Å². The molecule has 0 aliphatic rings. The first-order valence-corrected chi connectivity index (χ1v) is 15.5. The van der Waals surface area contributed by atoms with Gasteiger partial charge in [-0.1, -0.05) is 149 Å². The first-order valence-electron chi connectivity index (χ1n) is 15.5. The van der Waals surface area contributed by atoms with Gasteiger partial charge >= 0.3 is 0 Å². The highest BCUT2D eigenvalue weighted by atomic mass is 16.5. The Hall–Kier alpha value is -3.16. The van der Waals surface area contributed by atoms with Gasteiger partial charge in [0.1, 0.15) is 0 Å². The third-order valence-electron chi connectivity index (χ3n) is 6.68. The predicted molar refractivity (Wildman–Crippen MR) is 192 cm³/mol. The molecule has 0 saturated heterocycles. The lowest BCUT2D eigenvalue weighted by atomic mass is 9.97. The van der Waals surface area contributed by atoms with Crippen molar-refractivity contribution in [2.75, 3.05) is 7.11 Å². The van der Waals surface area contributed by atoms with Crippen molar-refractivity contribution < 1.29 is 4.74 Å². The lowest BCUT2D eigenvalue weighted by molar-refractivity contribution is 0.0619. The van der Waals surface area contributed by atoms with Crippen molar-refractivity contribution in [3.63, 3.8) is 0 Å². The summed E-state index contributed by atoms with van der Waals surface area (Å²) in [5.74, 6) is 0.484. The van der Waals surface area contributed by atoms with Crippen molar-refractivity contribution in [1.29, 1.82) is 0 Å². The van der Waals surface area contributed by atoms with Crippen LogP contribution in [-0.2, 0) is 4.74 Å².